The number of rotatable bonds is 9. The number of benzene rings is 3. The topological polar surface area (TPSA) is 133 Å². The van der Waals surface area contributed by atoms with E-state index in [1.807, 2.05) is 37.3 Å². The average molecular weight is 674 g/mol. The molecule has 3 aromatic carbocycles. The highest BCUT2D eigenvalue weighted by Crippen LogP contribution is 2.26. The molecule has 0 atom stereocenters. The quantitative estimate of drug-likeness (QED) is 0.157. The molecule has 0 aliphatic carbocycles. The minimum Gasteiger partial charge on any atom is -0.444 e. The predicted octanol–water partition coefficient (Wildman–Crippen LogP) is 7.40. The van der Waals surface area contributed by atoms with Crippen molar-refractivity contribution in [3.63, 3.8) is 0 Å². The number of aromatic nitrogens is 4. The molecule has 0 saturated carbocycles. The Morgan fingerprint density at radius 2 is 1.63 bits per heavy atom. The number of aryl methyl sites for hydroxylation is 1. The van der Waals surface area contributed by atoms with E-state index >= 15 is 0 Å². The highest BCUT2D eigenvalue weighted by Gasteiger charge is 2.20. The summed E-state index contributed by atoms with van der Waals surface area (Å²) in [5.41, 5.74) is 5.95. The van der Waals surface area contributed by atoms with E-state index in [9.17, 15) is 18.0 Å². The van der Waals surface area contributed by atoms with Gasteiger partial charge >= 0.3 is 6.09 Å². The number of carbonyl (C=O) groups excluding carboxylic acids is 2. The Morgan fingerprint density at radius 1 is 0.878 bits per heavy atom. The van der Waals surface area contributed by atoms with Crippen LogP contribution in [0.5, 0.6) is 0 Å². The number of Topliss-reactive ketones (excluding diaryl/α,β-unsaturated/α-hetero) is 1. The number of hydrogen-bond donors (Lipinski definition) is 1. The molecule has 49 heavy (non-hydrogen) atoms. The summed E-state index contributed by atoms with van der Waals surface area (Å²) in [5.74, 6) is -0.0452. The van der Waals surface area contributed by atoms with E-state index < -0.39 is 21.7 Å². The Bertz CT molecular complexity index is 2280. The Labute approximate surface area is 284 Å². The fraction of sp³-hybridized carbons (Fsp3) is 0.184. The molecule has 3 aromatic heterocycles. The Kier molecular flexibility index (Phi) is 9.11. The second-order valence-electron chi connectivity index (χ2n) is 12.7. The maximum atomic E-state index is 13.2. The molecule has 11 heteroatoms. The van der Waals surface area contributed by atoms with E-state index in [2.05, 4.69) is 20.3 Å². The van der Waals surface area contributed by atoms with Crippen LogP contribution >= 0.6 is 0 Å². The van der Waals surface area contributed by atoms with Gasteiger partial charge in [-0.05, 0) is 99.0 Å². The van der Waals surface area contributed by atoms with Crippen molar-refractivity contribution < 1.29 is 22.7 Å². The lowest BCUT2D eigenvalue weighted by atomic mass is 9.96. The number of carbonyl (C=O) groups is 2. The normalized spacial score (nSPS) is 11.8. The third-order valence-electron chi connectivity index (χ3n) is 7.81. The van der Waals surface area contributed by atoms with E-state index in [-0.39, 0.29) is 17.1 Å². The second kappa shape index (κ2) is 13.4. The van der Waals surface area contributed by atoms with Crippen LogP contribution in [0.25, 0.3) is 22.3 Å². The van der Waals surface area contributed by atoms with Crippen molar-refractivity contribution in [3.8, 4) is 11.3 Å². The maximum Gasteiger partial charge on any atom is 0.412 e. The summed E-state index contributed by atoms with van der Waals surface area (Å²) in [6.45, 7) is 7.39. The first kappa shape index (κ1) is 33.2. The minimum absolute atomic E-state index is 0.0452. The van der Waals surface area contributed by atoms with Crippen LogP contribution < -0.4 is 5.32 Å². The first-order valence-electron chi connectivity index (χ1n) is 15.7. The monoisotopic (exact) mass is 673 g/mol. The van der Waals surface area contributed by atoms with Gasteiger partial charge in [0.05, 0.1) is 10.6 Å². The Hall–Kier alpha value is -5.68. The maximum absolute atomic E-state index is 13.2. The molecule has 1 N–H and O–H groups in total. The number of ketones is 1. The SMILES string of the molecule is Cc1ccc(CC(=O)c2ccc(NC(=O)OC(C)(C)C)cc2)cc1Cc1cc(-c2cnc3c(ccn3S(=O)(=O)c3ccccc3)c2)ncn1. The third-order valence-corrected chi connectivity index (χ3v) is 9.50. The molecular weight excluding hydrogens is 639 g/mol. The van der Waals surface area contributed by atoms with Crippen LogP contribution in [-0.4, -0.2) is 44.8 Å². The highest BCUT2D eigenvalue weighted by atomic mass is 32.2. The number of fused-ring (bicyclic) bond motifs is 1. The second-order valence-corrected chi connectivity index (χ2v) is 14.5. The van der Waals surface area contributed by atoms with Crippen molar-refractivity contribution >= 4 is 38.6 Å². The highest BCUT2D eigenvalue weighted by molar-refractivity contribution is 7.90. The first-order valence-corrected chi connectivity index (χ1v) is 17.1. The van der Waals surface area contributed by atoms with Gasteiger partial charge < -0.3 is 4.74 Å². The number of pyridine rings is 1. The summed E-state index contributed by atoms with van der Waals surface area (Å²) in [5, 5.41) is 3.34. The van der Waals surface area contributed by atoms with Crippen molar-refractivity contribution in [1.82, 2.24) is 18.9 Å². The standard InChI is InChI=1S/C38H35N5O5S/c1-25-10-11-26(19-35(44)27-12-14-31(15-13-27)42-37(45)48-38(2,3)4)18-29(25)21-32-22-34(41-24-40-32)30-20-28-16-17-43(36(28)39-23-30)49(46,47)33-8-6-5-7-9-33/h5-18,20,22-24H,19,21H2,1-4H3,(H,42,45). The number of nitrogens with zero attached hydrogens (tertiary/aromatic N) is 4. The molecule has 6 rings (SSSR count). The first-order chi connectivity index (χ1) is 23.4. The van der Waals surface area contributed by atoms with E-state index in [1.165, 1.54) is 16.5 Å². The van der Waals surface area contributed by atoms with Crippen LogP contribution in [0.1, 0.15) is 53.5 Å². The summed E-state index contributed by atoms with van der Waals surface area (Å²) < 4.78 is 32.9. The zero-order valence-corrected chi connectivity index (χ0v) is 28.4. The molecule has 0 bridgehead atoms. The summed E-state index contributed by atoms with van der Waals surface area (Å²) in [7, 11) is -3.79. The fourth-order valence-corrected chi connectivity index (χ4v) is 6.69. The van der Waals surface area contributed by atoms with Gasteiger partial charge in [0, 0.05) is 53.1 Å². The molecule has 0 unspecified atom stereocenters. The molecule has 10 nitrogen and oxygen atoms in total. The van der Waals surface area contributed by atoms with Crippen LogP contribution in [0.4, 0.5) is 10.5 Å². The Morgan fingerprint density at radius 3 is 2.37 bits per heavy atom. The number of nitrogens with one attached hydrogen (secondary N) is 1. The van der Waals surface area contributed by atoms with Gasteiger partial charge in [-0.15, -0.1) is 0 Å². The van der Waals surface area contributed by atoms with Gasteiger partial charge in [0.15, 0.2) is 11.4 Å². The van der Waals surface area contributed by atoms with Crippen LogP contribution in [-0.2, 0) is 27.6 Å². The fourth-order valence-electron chi connectivity index (χ4n) is 5.36. The van der Waals surface area contributed by atoms with Gasteiger partial charge in [-0.1, -0.05) is 36.4 Å². The van der Waals surface area contributed by atoms with Gasteiger partial charge in [0.25, 0.3) is 10.0 Å². The molecule has 0 aliphatic heterocycles. The van der Waals surface area contributed by atoms with Crippen molar-refractivity contribution in [2.45, 2.75) is 51.0 Å². The lowest BCUT2D eigenvalue weighted by molar-refractivity contribution is 0.0635. The van der Waals surface area contributed by atoms with Gasteiger partial charge in [-0.2, -0.15) is 0 Å². The lowest BCUT2D eigenvalue weighted by Gasteiger charge is -2.19. The molecule has 0 fully saturated rings. The van der Waals surface area contributed by atoms with Crippen LogP contribution in [0.15, 0.2) is 115 Å². The third kappa shape index (κ3) is 7.73. The summed E-state index contributed by atoms with van der Waals surface area (Å²) in [4.78, 5) is 38.8. The van der Waals surface area contributed by atoms with Crippen molar-refractivity contribution in [1.29, 1.82) is 0 Å². The molecule has 0 saturated heterocycles. The van der Waals surface area contributed by atoms with E-state index in [1.54, 1.807) is 87.6 Å². The van der Waals surface area contributed by atoms with Gasteiger partial charge in [-0.3, -0.25) is 10.1 Å². The summed E-state index contributed by atoms with van der Waals surface area (Å²) in [6.07, 6.45) is 4.81. The van der Waals surface area contributed by atoms with Crippen LogP contribution in [0.3, 0.4) is 0 Å². The molecule has 1 amide bonds. The number of ether oxygens (including phenoxy) is 1. The summed E-state index contributed by atoms with van der Waals surface area (Å²) in [6, 6.07) is 26.4. The minimum atomic E-state index is -3.79. The van der Waals surface area contributed by atoms with E-state index in [0.29, 0.717) is 34.4 Å². The average Bonchev–Trinajstić information content (AvgIpc) is 3.51. The molecule has 248 valence electrons. The van der Waals surface area contributed by atoms with Crippen molar-refractivity contribution in [2.24, 2.45) is 0 Å². The van der Waals surface area contributed by atoms with Crippen LogP contribution in [0, 0.1) is 6.92 Å². The molecule has 0 spiro atoms. The van der Waals surface area contributed by atoms with Crippen LogP contribution in [0.2, 0.25) is 0 Å². The zero-order valence-electron chi connectivity index (χ0n) is 27.5. The molecule has 6 aromatic rings. The van der Waals surface area contributed by atoms with Gasteiger partial charge in [-0.25, -0.2) is 32.1 Å². The number of hydrogen-bond acceptors (Lipinski definition) is 8. The van der Waals surface area contributed by atoms with Crippen molar-refractivity contribution in [3.05, 3.63) is 138 Å². The Balaban J connectivity index is 1.15. The predicted molar refractivity (Wildman–Crippen MR) is 188 cm³/mol. The molecule has 0 aliphatic rings. The summed E-state index contributed by atoms with van der Waals surface area (Å²) >= 11 is 0. The zero-order chi connectivity index (χ0) is 34.8. The molecular formula is C38H35N5O5S. The number of amides is 1. The van der Waals surface area contributed by atoms with Gasteiger partial charge in [0.1, 0.15) is 11.9 Å². The lowest BCUT2D eigenvalue weighted by Crippen LogP contribution is -2.27. The number of anilines is 1. The van der Waals surface area contributed by atoms with Crippen molar-refractivity contribution in [2.75, 3.05) is 5.32 Å². The van der Waals surface area contributed by atoms with Gasteiger partial charge in [0.2, 0.25) is 0 Å². The molecule has 0 radical (unpaired) electrons. The molecule has 3 heterocycles. The smallest absolute Gasteiger partial charge is 0.412 e. The largest absolute Gasteiger partial charge is 0.444 e. The van der Waals surface area contributed by atoms with E-state index in [4.69, 9.17) is 4.74 Å². The van der Waals surface area contributed by atoms with E-state index in [0.717, 1.165) is 27.9 Å².